The Balaban J connectivity index is 2.63. The molecule has 96 valence electrons. The van der Waals surface area contributed by atoms with Crippen LogP contribution >= 0.6 is 0 Å². The van der Waals surface area contributed by atoms with Crippen LogP contribution in [0.4, 0.5) is 0 Å². The lowest BCUT2D eigenvalue weighted by Crippen LogP contribution is -2.30. The summed E-state index contributed by atoms with van der Waals surface area (Å²) in [5, 5.41) is 3.26. The van der Waals surface area contributed by atoms with Crippen molar-refractivity contribution in [1.82, 2.24) is 5.32 Å². The van der Waals surface area contributed by atoms with Gasteiger partial charge in [-0.05, 0) is 38.4 Å². The molecule has 1 rings (SSSR count). The van der Waals surface area contributed by atoms with Crippen molar-refractivity contribution in [3.8, 4) is 5.75 Å². The molecule has 1 N–H and O–H groups in total. The lowest BCUT2D eigenvalue weighted by molar-refractivity contribution is 0.166. The van der Waals surface area contributed by atoms with Crippen LogP contribution in [0.15, 0.2) is 18.2 Å². The fraction of sp³-hybridized carbons (Fsp3) is 0.571. The lowest BCUT2D eigenvalue weighted by atomic mass is 10.0. The molecule has 0 saturated heterocycles. The van der Waals surface area contributed by atoms with Crippen LogP contribution in [0.1, 0.15) is 17.5 Å². The number of nitrogens with one attached hydrogen (secondary N) is 1. The second-order valence-corrected chi connectivity index (χ2v) is 4.29. The first-order valence-corrected chi connectivity index (χ1v) is 6.01. The predicted molar refractivity (Wildman–Crippen MR) is 70.8 cm³/mol. The van der Waals surface area contributed by atoms with E-state index in [0.29, 0.717) is 6.04 Å². The summed E-state index contributed by atoms with van der Waals surface area (Å²) in [6.45, 7) is 2.85. The molecule has 3 nitrogen and oxygen atoms in total. The third kappa shape index (κ3) is 4.36. The Kier molecular flexibility index (Phi) is 6.01. The molecule has 1 unspecified atom stereocenters. The van der Waals surface area contributed by atoms with Gasteiger partial charge in [-0.25, -0.2) is 0 Å². The average molecular weight is 237 g/mol. The van der Waals surface area contributed by atoms with Gasteiger partial charge in [0.05, 0.1) is 13.7 Å². The van der Waals surface area contributed by atoms with Crippen LogP contribution in [0.2, 0.25) is 0 Å². The van der Waals surface area contributed by atoms with Crippen molar-refractivity contribution >= 4 is 0 Å². The van der Waals surface area contributed by atoms with Gasteiger partial charge in [-0.1, -0.05) is 17.7 Å². The summed E-state index contributed by atoms with van der Waals surface area (Å²) < 4.78 is 10.5. The number of benzene rings is 1. The van der Waals surface area contributed by atoms with Gasteiger partial charge in [0.15, 0.2) is 0 Å². The lowest BCUT2D eigenvalue weighted by Gasteiger charge is -2.16. The third-order valence-corrected chi connectivity index (χ3v) is 2.97. The smallest absolute Gasteiger partial charge is 0.122 e. The second-order valence-electron chi connectivity index (χ2n) is 4.29. The van der Waals surface area contributed by atoms with Crippen molar-refractivity contribution in [3.63, 3.8) is 0 Å². The summed E-state index contributed by atoms with van der Waals surface area (Å²) in [4.78, 5) is 0. The van der Waals surface area contributed by atoms with Crippen LogP contribution in [0.5, 0.6) is 5.75 Å². The Morgan fingerprint density at radius 1 is 1.29 bits per heavy atom. The number of hydrogen-bond acceptors (Lipinski definition) is 3. The van der Waals surface area contributed by atoms with Crippen molar-refractivity contribution in [1.29, 1.82) is 0 Å². The Labute approximate surface area is 104 Å². The second kappa shape index (κ2) is 7.30. The number of methoxy groups -OCH3 is 2. The average Bonchev–Trinajstić information content (AvgIpc) is 2.34. The zero-order chi connectivity index (χ0) is 12.7. The first-order chi connectivity index (χ1) is 8.21. The number of hydrogen-bond donors (Lipinski definition) is 1. The molecule has 0 bridgehead atoms. The van der Waals surface area contributed by atoms with Crippen LogP contribution in [-0.2, 0) is 11.2 Å². The van der Waals surface area contributed by atoms with E-state index in [1.54, 1.807) is 14.2 Å². The number of rotatable bonds is 7. The molecule has 17 heavy (non-hydrogen) atoms. The molecule has 0 aromatic heterocycles. The molecule has 3 heteroatoms. The molecule has 0 saturated carbocycles. The minimum absolute atomic E-state index is 0.394. The predicted octanol–water partition coefficient (Wildman–Crippen LogP) is 2.17. The van der Waals surface area contributed by atoms with Crippen molar-refractivity contribution < 1.29 is 9.47 Å². The molecule has 0 radical (unpaired) electrons. The molecule has 0 aliphatic heterocycles. The van der Waals surface area contributed by atoms with Gasteiger partial charge in [0.2, 0.25) is 0 Å². The van der Waals surface area contributed by atoms with Crippen LogP contribution in [0.3, 0.4) is 0 Å². The summed E-state index contributed by atoms with van der Waals surface area (Å²) in [5.74, 6) is 0.975. The quantitative estimate of drug-likeness (QED) is 0.788. The Morgan fingerprint density at radius 3 is 2.65 bits per heavy atom. The minimum atomic E-state index is 0.394. The van der Waals surface area contributed by atoms with Crippen molar-refractivity contribution in [3.05, 3.63) is 29.3 Å². The minimum Gasteiger partial charge on any atom is -0.496 e. The van der Waals surface area contributed by atoms with Gasteiger partial charge < -0.3 is 14.8 Å². The van der Waals surface area contributed by atoms with Crippen molar-refractivity contribution in [2.24, 2.45) is 0 Å². The van der Waals surface area contributed by atoms with E-state index in [1.807, 2.05) is 13.1 Å². The highest BCUT2D eigenvalue weighted by molar-refractivity contribution is 5.36. The number of aryl methyl sites for hydroxylation is 2. The maximum absolute atomic E-state index is 5.37. The van der Waals surface area contributed by atoms with E-state index in [2.05, 4.69) is 24.4 Å². The summed E-state index contributed by atoms with van der Waals surface area (Å²) in [6, 6.07) is 6.70. The van der Waals surface area contributed by atoms with E-state index < -0.39 is 0 Å². The van der Waals surface area contributed by atoms with Crippen LogP contribution < -0.4 is 10.1 Å². The van der Waals surface area contributed by atoms with Gasteiger partial charge in [-0.15, -0.1) is 0 Å². The highest BCUT2D eigenvalue weighted by Gasteiger charge is 2.08. The van der Waals surface area contributed by atoms with Gasteiger partial charge in [-0.3, -0.25) is 0 Å². The molecule has 0 amide bonds. The summed E-state index contributed by atoms with van der Waals surface area (Å²) >= 11 is 0. The molecule has 0 aliphatic rings. The van der Waals surface area contributed by atoms with E-state index in [-0.39, 0.29) is 0 Å². The Hall–Kier alpha value is -1.06. The highest BCUT2D eigenvalue weighted by Crippen LogP contribution is 2.21. The van der Waals surface area contributed by atoms with Gasteiger partial charge in [0.1, 0.15) is 5.75 Å². The molecule has 1 aromatic carbocycles. The largest absolute Gasteiger partial charge is 0.496 e. The number of likely N-dealkylation sites (N-methyl/N-ethyl adjacent to an activating group) is 1. The number of ether oxygens (including phenoxy) is 2. The van der Waals surface area contributed by atoms with Crippen molar-refractivity contribution in [2.75, 3.05) is 27.9 Å². The molecule has 0 spiro atoms. The molecule has 1 atom stereocenters. The fourth-order valence-corrected chi connectivity index (χ4v) is 1.94. The van der Waals surface area contributed by atoms with Crippen molar-refractivity contribution in [2.45, 2.75) is 25.8 Å². The van der Waals surface area contributed by atoms with E-state index in [4.69, 9.17) is 9.47 Å². The van der Waals surface area contributed by atoms with Gasteiger partial charge in [-0.2, -0.15) is 0 Å². The SMILES string of the molecule is CNC(CCc1cc(C)ccc1OC)COC. The van der Waals surface area contributed by atoms with Gasteiger partial charge in [0.25, 0.3) is 0 Å². The van der Waals surface area contributed by atoms with Gasteiger partial charge in [0, 0.05) is 13.2 Å². The summed E-state index contributed by atoms with van der Waals surface area (Å²) in [5.41, 5.74) is 2.54. The first-order valence-electron chi connectivity index (χ1n) is 6.01. The monoisotopic (exact) mass is 237 g/mol. The van der Waals surface area contributed by atoms with Crippen LogP contribution in [0.25, 0.3) is 0 Å². The highest BCUT2D eigenvalue weighted by atomic mass is 16.5. The molecule has 1 aromatic rings. The normalized spacial score (nSPS) is 12.5. The molecule has 0 heterocycles. The van der Waals surface area contributed by atoms with Gasteiger partial charge >= 0.3 is 0 Å². The summed E-state index contributed by atoms with van der Waals surface area (Å²) in [6.07, 6.45) is 2.05. The summed E-state index contributed by atoms with van der Waals surface area (Å²) in [7, 11) is 5.42. The van der Waals surface area contributed by atoms with E-state index in [9.17, 15) is 0 Å². The maximum Gasteiger partial charge on any atom is 0.122 e. The standard InChI is InChI=1S/C14H23NO2/c1-11-5-8-14(17-4)12(9-11)6-7-13(15-2)10-16-3/h5,8-9,13,15H,6-7,10H2,1-4H3. The topological polar surface area (TPSA) is 30.5 Å². The van der Waals surface area contributed by atoms with Crippen LogP contribution in [-0.4, -0.2) is 33.9 Å². The Morgan fingerprint density at radius 2 is 2.06 bits per heavy atom. The van der Waals surface area contributed by atoms with E-state index in [0.717, 1.165) is 25.2 Å². The van der Waals surface area contributed by atoms with E-state index >= 15 is 0 Å². The zero-order valence-electron chi connectivity index (χ0n) is 11.2. The zero-order valence-corrected chi connectivity index (χ0v) is 11.2. The fourth-order valence-electron chi connectivity index (χ4n) is 1.94. The molecular formula is C14H23NO2. The van der Waals surface area contributed by atoms with E-state index in [1.165, 1.54) is 11.1 Å². The maximum atomic E-state index is 5.37. The molecular weight excluding hydrogens is 214 g/mol. The third-order valence-electron chi connectivity index (χ3n) is 2.97. The molecule has 0 aliphatic carbocycles. The molecule has 0 fully saturated rings. The Bertz CT molecular complexity index is 339. The van der Waals surface area contributed by atoms with Crippen LogP contribution in [0, 0.1) is 6.92 Å². The first kappa shape index (κ1) is 14.0.